The van der Waals surface area contributed by atoms with Gasteiger partial charge < -0.3 is 9.84 Å². The van der Waals surface area contributed by atoms with Gasteiger partial charge >= 0.3 is 0 Å². The van der Waals surface area contributed by atoms with Crippen LogP contribution in [0.2, 0.25) is 0 Å². The summed E-state index contributed by atoms with van der Waals surface area (Å²) < 4.78 is 5.32. The van der Waals surface area contributed by atoms with Crippen LogP contribution in [0.1, 0.15) is 39.0 Å². The van der Waals surface area contributed by atoms with Crippen LogP contribution in [0, 0.1) is 22.7 Å². The second-order valence-corrected chi connectivity index (χ2v) is 5.23. The Morgan fingerprint density at radius 1 is 1.47 bits per heavy atom. The molecule has 0 amide bonds. The smallest absolute Gasteiger partial charge is 0.111 e. The molecule has 0 spiro atoms. The van der Waals surface area contributed by atoms with Crippen molar-refractivity contribution >= 4 is 0 Å². The molecule has 1 saturated heterocycles. The number of aliphatic hydroxyl groups is 1. The van der Waals surface area contributed by atoms with Crippen molar-refractivity contribution in [2.45, 2.75) is 44.6 Å². The minimum Gasteiger partial charge on any atom is -0.388 e. The number of nitriles is 1. The fraction of sp³-hybridized carbons (Fsp3) is 0.917. The summed E-state index contributed by atoms with van der Waals surface area (Å²) in [6.07, 6.45) is 4.40. The molecule has 2 aliphatic rings. The van der Waals surface area contributed by atoms with Gasteiger partial charge in [0.2, 0.25) is 0 Å². The Morgan fingerprint density at radius 2 is 2.27 bits per heavy atom. The molecule has 0 aromatic rings. The van der Waals surface area contributed by atoms with Crippen molar-refractivity contribution in [3.8, 4) is 6.07 Å². The van der Waals surface area contributed by atoms with Crippen LogP contribution in [0.5, 0.6) is 0 Å². The Hall–Kier alpha value is -0.590. The summed E-state index contributed by atoms with van der Waals surface area (Å²) in [5.74, 6) is 0.523. The normalized spacial score (nSPS) is 46.3. The van der Waals surface area contributed by atoms with Gasteiger partial charge in [-0.2, -0.15) is 5.26 Å². The molecular weight excluding hydrogens is 190 g/mol. The molecule has 15 heavy (non-hydrogen) atoms. The lowest BCUT2D eigenvalue weighted by molar-refractivity contribution is -0.0952. The number of hydrogen-bond acceptors (Lipinski definition) is 3. The number of ether oxygens (including phenoxy) is 1. The van der Waals surface area contributed by atoms with Gasteiger partial charge in [0.1, 0.15) is 5.41 Å². The maximum absolute atomic E-state index is 10.7. The Morgan fingerprint density at radius 3 is 2.80 bits per heavy atom. The molecule has 3 unspecified atom stereocenters. The summed E-state index contributed by atoms with van der Waals surface area (Å²) in [5.41, 5.74) is -1.45. The van der Waals surface area contributed by atoms with Gasteiger partial charge in [-0.15, -0.1) is 0 Å². The SMILES string of the molecule is CC1CCCC(O)(C2(C#N)CCOC2)C1. The number of nitrogens with zero attached hydrogens (tertiary/aromatic N) is 1. The first-order valence-corrected chi connectivity index (χ1v) is 5.83. The molecular formula is C12H19NO2. The Balaban J connectivity index is 2.22. The maximum atomic E-state index is 10.7. The molecule has 1 heterocycles. The molecule has 0 radical (unpaired) electrons. The monoisotopic (exact) mass is 209 g/mol. The fourth-order valence-electron chi connectivity index (χ4n) is 3.08. The van der Waals surface area contributed by atoms with Gasteiger partial charge in [0.05, 0.1) is 18.3 Å². The summed E-state index contributed by atoms with van der Waals surface area (Å²) in [4.78, 5) is 0. The van der Waals surface area contributed by atoms with E-state index in [1.54, 1.807) is 0 Å². The van der Waals surface area contributed by atoms with Gasteiger partial charge in [-0.05, 0) is 25.2 Å². The third-order valence-corrected chi connectivity index (χ3v) is 4.10. The molecule has 0 aromatic carbocycles. The summed E-state index contributed by atoms with van der Waals surface area (Å²) >= 11 is 0. The molecule has 0 bridgehead atoms. The third kappa shape index (κ3) is 1.66. The molecule has 3 heteroatoms. The standard InChI is InChI=1S/C12H19NO2/c1-10-3-2-4-12(14,7-10)11(8-13)5-6-15-9-11/h10,14H,2-7,9H2,1H3. The van der Waals surface area contributed by atoms with Crippen LogP contribution in [0.4, 0.5) is 0 Å². The van der Waals surface area contributed by atoms with E-state index in [4.69, 9.17) is 4.74 Å². The average Bonchev–Trinajstić information content (AvgIpc) is 2.67. The minimum absolute atomic E-state index is 0.409. The van der Waals surface area contributed by atoms with Crippen molar-refractivity contribution in [2.24, 2.45) is 11.3 Å². The molecule has 1 aliphatic carbocycles. The van der Waals surface area contributed by atoms with E-state index in [9.17, 15) is 10.4 Å². The van der Waals surface area contributed by atoms with Crippen LogP contribution >= 0.6 is 0 Å². The van der Waals surface area contributed by atoms with Crippen LogP contribution in [0.15, 0.2) is 0 Å². The minimum atomic E-state index is -0.810. The molecule has 84 valence electrons. The van der Waals surface area contributed by atoms with Gasteiger partial charge in [0.15, 0.2) is 0 Å². The highest BCUT2D eigenvalue weighted by molar-refractivity contribution is 5.14. The largest absolute Gasteiger partial charge is 0.388 e. The molecule has 3 nitrogen and oxygen atoms in total. The first-order chi connectivity index (χ1) is 7.12. The van der Waals surface area contributed by atoms with E-state index in [0.29, 0.717) is 25.6 Å². The zero-order valence-corrected chi connectivity index (χ0v) is 9.33. The van der Waals surface area contributed by atoms with E-state index < -0.39 is 11.0 Å². The van der Waals surface area contributed by atoms with Crippen molar-refractivity contribution in [3.63, 3.8) is 0 Å². The zero-order chi connectivity index (χ0) is 10.9. The first kappa shape index (κ1) is 10.9. The molecule has 1 saturated carbocycles. The highest BCUT2D eigenvalue weighted by atomic mass is 16.5. The number of rotatable bonds is 1. The Labute approximate surface area is 91.0 Å². The Bertz CT molecular complexity index is 278. The summed E-state index contributed by atoms with van der Waals surface area (Å²) in [6, 6.07) is 2.33. The molecule has 2 fully saturated rings. The van der Waals surface area contributed by atoms with Crippen molar-refractivity contribution in [2.75, 3.05) is 13.2 Å². The van der Waals surface area contributed by atoms with E-state index >= 15 is 0 Å². The van der Waals surface area contributed by atoms with Gasteiger partial charge in [-0.25, -0.2) is 0 Å². The van der Waals surface area contributed by atoms with Crippen molar-refractivity contribution in [3.05, 3.63) is 0 Å². The predicted molar refractivity (Wildman–Crippen MR) is 56.1 cm³/mol. The van der Waals surface area contributed by atoms with Crippen LogP contribution in [-0.2, 0) is 4.74 Å². The van der Waals surface area contributed by atoms with Crippen LogP contribution in [0.25, 0.3) is 0 Å². The third-order valence-electron chi connectivity index (χ3n) is 4.10. The molecule has 2 rings (SSSR count). The van der Waals surface area contributed by atoms with Crippen molar-refractivity contribution in [1.29, 1.82) is 5.26 Å². The highest BCUT2D eigenvalue weighted by Crippen LogP contribution is 2.48. The lowest BCUT2D eigenvalue weighted by Gasteiger charge is -2.44. The van der Waals surface area contributed by atoms with Crippen molar-refractivity contribution < 1.29 is 9.84 Å². The highest BCUT2D eigenvalue weighted by Gasteiger charge is 2.54. The second-order valence-electron chi connectivity index (χ2n) is 5.23. The van der Waals surface area contributed by atoms with Crippen LogP contribution < -0.4 is 0 Å². The number of hydrogen-bond donors (Lipinski definition) is 1. The van der Waals surface area contributed by atoms with E-state index in [2.05, 4.69) is 13.0 Å². The second kappa shape index (κ2) is 3.77. The summed E-state index contributed by atoms with van der Waals surface area (Å²) in [6.45, 7) is 3.18. The Kier molecular flexibility index (Phi) is 2.74. The lowest BCUT2D eigenvalue weighted by atomic mass is 9.63. The van der Waals surface area contributed by atoms with Gasteiger partial charge in [-0.3, -0.25) is 0 Å². The van der Waals surface area contributed by atoms with E-state index in [-0.39, 0.29) is 0 Å². The fourth-order valence-corrected chi connectivity index (χ4v) is 3.08. The van der Waals surface area contributed by atoms with Gasteiger partial charge in [0.25, 0.3) is 0 Å². The molecule has 1 N–H and O–H groups in total. The van der Waals surface area contributed by atoms with E-state index in [1.807, 2.05) is 0 Å². The van der Waals surface area contributed by atoms with Gasteiger partial charge in [0, 0.05) is 6.61 Å². The van der Waals surface area contributed by atoms with Crippen LogP contribution in [-0.4, -0.2) is 23.9 Å². The molecule has 0 aromatic heterocycles. The summed E-state index contributed by atoms with van der Waals surface area (Å²) in [7, 11) is 0. The maximum Gasteiger partial charge on any atom is 0.111 e. The van der Waals surface area contributed by atoms with Crippen LogP contribution in [0.3, 0.4) is 0 Å². The van der Waals surface area contributed by atoms with Crippen molar-refractivity contribution in [1.82, 2.24) is 0 Å². The topological polar surface area (TPSA) is 53.2 Å². The molecule has 3 atom stereocenters. The van der Waals surface area contributed by atoms with E-state index in [0.717, 1.165) is 19.3 Å². The van der Waals surface area contributed by atoms with E-state index in [1.165, 1.54) is 6.42 Å². The summed E-state index contributed by atoms with van der Waals surface area (Å²) in [5, 5.41) is 20.0. The lowest BCUT2D eigenvalue weighted by Crippen LogP contribution is -2.50. The zero-order valence-electron chi connectivity index (χ0n) is 9.33. The van der Waals surface area contributed by atoms with Gasteiger partial charge in [-0.1, -0.05) is 19.8 Å². The molecule has 1 aliphatic heterocycles. The average molecular weight is 209 g/mol. The first-order valence-electron chi connectivity index (χ1n) is 5.83. The predicted octanol–water partition coefficient (Wildman–Crippen LogP) is 1.86. The quantitative estimate of drug-likeness (QED) is 0.717.